The third-order valence-electron chi connectivity index (χ3n) is 6.50. The number of carbonyl (C=O) groups is 1. The van der Waals surface area contributed by atoms with E-state index in [-0.39, 0.29) is 0 Å². The van der Waals surface area contributed by atoms with Gasteiger partial charge in [0.05, 0.1) is 0 Å². The molecule has 1 N–H and O–H groups in total. The van der Waals surface area contributed by atoms with Crippen molar-refractivity contribution in [3.8, 4) is 5.75 Å². The van der Waals surface area contributed by atoms with Crippen LogP contribution in [-0.2, 0) is 17.6 Å². The highest BCUT2D eigenvalue weighted by Gasteiger charge is 2.20. The Bertz CT molecular complexity index is 1200. The van der Waals surface area contributed by atoms with Gasteiger partial charge >= 0.3 is 5.97 Å². The van der Waals surface area contributed by atoms with Crippen molar-refractivity contribution >= 4 is 23.1 Å². The lowest BCUT2D eigenvalue weighted by Gasteiger charge is -2.21. The molecule has 6 nitrogen and oxygen atoms in total. The first-order chi connectivity index (χ1) is 18.1. The van der Waals surface area contributed by atoms with Crippen molar-refractivity contribution in [2.75, 3.05) is 18.0 Å². The standard InChI is InChI=1S/C31H36N2O4/c1-2-3-4-5-11-21-33(31-32-27-14-9-10-15-28(27)37-31)22-20-24-16-18-26(19-17-24)36-29(30(34)35)23-25-12-7-6-8-13-25/h6-10,12-19,29H,2-5,11,20-23H2,1H3,(H,34,35)/t29-/m0/s1. The van der Waals surface area contributed by atoms with E-state index in [2.05, 4.69) is 11.8 Å². The fourth-order valence-corrected chi connectivity index (χ4v) is 4.38. The summed E-state index contributed by atoms with van der Waals surface area (Å²) in [6.45, 7) is 3.91. The summed E-state index contributed by atoms with van der Waals surface area (Å²) in [7, 11) is 0. The molecule has 1 heterocycles. The van der Waals surface area contributed by atoms with Crippen molar-refractivity contribution in [2.24, 2.45) is 0 Å². The quantitative estimate of drug-likeness (QED) is 0.179. The molecule has 4 rings (SSSR count). The number of rotatable bonds is 15. The summed E-state index contributed by atoms with van der Waals surface area (Å²) in [5.41, 5.74) is 3.76. The number of benzene rings is 3. The van der Waals surface area contributed by atoms with E-state index in [0.717, 1.165) is 48.2 Å². The molecule has 0 aliphatic rings. The third-order valence-corrected chi connectivity index (χ3v) is 6.50. The molecule has 0 amide bonds. The van der Waals surface area contributed by atoms with Crippen molar-refractivity contribution in [2.45, 2.75) is 58.0 Å². The summed E-state index contributed by atoms with van der Waals surface area (Å²) < 4.78 is 11.9. The number of aromatic nitrogens is 1. The first-order valence-corrected chi connectivity index (χ1v) is 13.2. The Morgan fingerprint density at radius 3 is 2.35 bits per heavy atom. The molecule has 0 radical (unpaired) electrons. The van der Waals surface area contributed by atoms with Gasteiger partial charge < -0.3 is 19.2 Å². The van der Waals surface area contributed by atoms with Gasteiger partial charge in [-0.2, -0.15) is 4.98 Å². The molecule has 4 aromatic rings. The lowest BCUT2D eigenvalue weighted by Crippen LogP contribution is -2.29. The van der Waals surface area contributed by atoms with Crippen LogP contribution in [0, 0.1) is 0 Å². The Balaban J connectivity index is 1.37. The van der Waals surface area contributed by atoms with E-state index in [1.165, 1.54) is 25.7 Å². The van der Waals surface area contributed by atoms with Crippen LogP contribution < -0.4 is 9.64 Å². The molecule has 0 saturated carbocycles. The van der Waals surface area contributed by atoms with Gasteiger partial charge in [0.2, 0.25) is 0 Å². The minimum absolute atomic E-state index is 0.315. The van der Waals surface area contributed by atoms with Gasteiger partial charge in [-0.15, -0.1) is 0 Å². The van der Waals surface area contributed by atoms with Gasteiger partial charge in [0.1, 0.15) is 11.3 Å². The van der Waals surface area contributed by atoms with Crippen molar-refractivity contribution in [1.29, 1.82) is 0 Å². The van der Waals surface area contributed by atoms with Gasteiger partial charge in [0, 0.05) is 19.5 Å². The van der Waals surface area contributed by atoms with Crippen molar-refractivity contribution in [3.05, 3.63) is 90.0 Å². The Labute approximate surface area is 218 Å². The molecular formula is C31H36N2O4. The van der Waals surface area contributed by atoms with Crippen molar-refractivity contribution < 1.29 is 19.1 Å². The normalized spacial score (nSPS) is 11.9. The van der Waals surface area contributed by atoms with Crippen LogP contribution in [0.15, 0.2) is 83.3 Å². The number of unbranched alkanes of at least 4 members (excludes halogenated alkanes) is 4. The van der Waals surface area contributed by atoms with E-state index in [0.29, 0.717) is 18.2 Å². The highest BCUT2D eigenvalue weighted by molar-refractivity contribution is 5.74. The van der Waals surface area contributed by atoms with Crippen LogP contribution in [0.4, 0.5) is 6.01 Å². The van der Waals surface area contributed by atoms with Gasteiger partial charge in [-0.1, -0.05) is 87.2 Å². The molecule has 0 fully saturated rings. The van der Waals surface area contributed by atoms with Crippen LogP contribution in [0.3, 0.4) is 0 Å². The van der Waals surface area contributed by atoms with Crippen LogP contribution >= 0.6 is 0 Å². The molecule has 1 atom stereocenters. The van der Waals surface area contributed by atoms with Gasteiger partial charge in [-0.3, -0.25) is 0 Å². The van der Waals surface area contributed by atoms with Crippen LogP contribution in [0.5, 0.6) is 5.75 Å². The summed E-state index contributed by atoms with van der Waals surface area (Å²) in [5, 5.41) is 9.63. The van der Waals surface area contributed by atoms with Gasteiger partial charge in [-0.25, -0.2) is 4.79 Å². The maximum absolute atomic E-state index is 11.8. The fourth-order valence-electron chi connectivity index (χ4n) is 4.38. The number of oxazole rings is 1. The molecule has 37 heavy (non-hydrogen) atoms. The second kappa shape index (κ2) is 13.5. The topological polar surface area (TPSA) is 75.8 Å². The second-order valence-corrected chi connectivity index (χ2v) is 9.39. The summed E-state index contributed by atoms with van der Waals surface area (Å²) >= 11 is 0. The molecule has 0 bridgehead atoms. The zero-order valence-corrected chi connectivity index (χ0v) is 21.5. The Morgan fingerprint density at radius 2 is 1.62 bits per heavy atom. The lowest BCUT2D eigenvalue weighted by atomic mass is 10.1. The Kier molecular flexibility index (Phi) is 9.58. The molecule has 0 saturated heterocycles. The molecule has 0 spiro atoms. The number of hydrogen-bond acceptors (Lipinski definition) is 5. The highest BCUT2D eigenvalue weighted by atomic mass is 16.5. The largest absolute Gasteiger partial charge is 0.478 e. The molecule has 0 aliphatic carbocycles. The number of carboxylic acid groups (broad SMARTS) is 1. The third kappa shape index (κ3) is 7.84. The smallest absolute Gasteiger partial charge is 0.345 e. The van der Waals surface area contributed by atoms with Gasteiger partial charge in [-0.05, 0) is 48.2 Å². The number of aliphatic carboxylic acids is 1. The van der Waals surface area contributed by atoms with Crippen LogP contribution in [0.2, 0.25) is 0 Å². The molecular weight excluding hydrogens is 464 g/mol. The van der Waals surface area contributed by atoms with E-state index in [1.54, 1.807) is 0 Å². The number of para-hydroxylation sites is 2. The van der Waals surface area contributed by atoms with Crippen LogP contribution in [-0.4, -0.2) is 35.3 Å². The fraction of sp³-hybridized carbons (Fsp3) is 0.355. The first-order valence-electron chi connectivity index (χ1n) is 13.2. The number of nitrogens with zero attached hydrogens (tertiary/aromatic N) is 2. The SMILES string of the molecule is CCCCCCCN(CCc1ccc(O[C@@H](Cc2ccccc2)C(=O)O)cc1)c1nc2ccccc2o1. The predicted octanol–water partition coefficient (Wildman–Crippen LogP) is 6.92. The van der Waals surface area contributed by atoms with Crippen LogP contribution in [0.1, 0.15) is 50.2 Å². The summed E-state index contributed by atoms with van der Waals surface area (Å²) in [6, 6.07) is 25.8. The predicted molar refractivity (Wildman–Crippen MR) is 147 cm³/mol. The van der Waals surface area contributed by atoms with E-state index >= 15 is 0 Å². The molecule has 0 aliphatic heterocycles. The van der Waals surface area contributed by atoms with E-state index < -0.39 is 12.1 Å². The molecule has 0 unspecified atom stereocenters. The monoisotopic (exact) mass is 500 g/mol. The molecule has 6 heteroatoms. The lowest BCUT2D eigenvalue weighted by molar-refractivity contribution is -0.145. The molecule has 3 aromatic carbocycles. The second-order valence-electron chi connectivity index (χ2n) is 9.39. The number of hydrogen-bond donors (Lipinski definition) is 1. The molecule has 1 aromatic heterocycles. The Hall–Kier alpha value is -3.80. The average Bonchev–Trinajstić information content (AvgIpc) is 3.35. The van der Waals surface area contributed by atoms with E-state index in [4.69, 9.17) is 14.1 Å². The summed E-state index contributed by atoms with van der Waals surface area (Å²) in [4.78, 5) is 18.7. The van der Waals surface area contributed by atoms with E-state index in [1.807, 2.05) is 78.9 Å². The van der Waals surface area contributed by atoms with Crippen LogP contribution in [0.25, 0.3) is 11.1 Å². The summed E-state index contributed by atoms with van der Waals surface area (Å²) in [6.07, 6.45) is 6.25. The average molecular weight is 501 g/mol. The zero-order valence-electron chi connectivity index (χ0n) is 21.5. The maximum Gasteiger partial charge on any atom is 0.345 e. The maximum atomic E-state index is 11.8. The summed E-state index contributed by atoms with van der Waals surface area (Å²) in [5.74, 6) is -0.417. The minimum Gasteiger partial charge on any atom is -0.478 e. The van der Waals surface area contributed by atoms with Gasteiger partial charge in [0.25, 0.3) is 6.01 Å². The first kappa shape index (κ1) is 26.3. The molecule has 194 valence electrons. The highest BCUT2D eigenvalue weighted by Crippen LogP contribution is 2.23. The number of fused-ring (bicyclic) bond motifs is 1. The Morgan fingerprint density at radius 1 is 0.892 bits per heavy atom. The van der Waals surface area contributed by atoms with Crippen molar-refractivity contribution in [1.82, 2.24) is 4.98 Å². The zero-order chi connectivity index (χ0) is 25.9. The van der Waals surface area contributed by atoms with Gasteiger partial charge in [0.15, 0.2) is 11.7 Å². The number of carboxylic acids is 1. The number of anilines is 1. The minimum atomic E-state index is -0.971. The number of ether oxygens (including phenoxy) is 1. The van der Waals surface area contributed by atoms with Crippen molar-refractivity contribution in [3.63, 3.8) is 0 Å². The van der Waals surface area contributed by atoms with E-state index in [9.17, 15) is 9.90 Å².